The van der Waals surface area contributed by atoms with Crippen LogP contribution in [0.5, 0.6) is 0 Å². The molecule has 204 valence electrons. The van der Waals surface area contributed by atoms with Crippen molar-refractivity contribution < 1.29 is 13.2 Å². The van der Waals surface area contributed by atoms with Gasteiger partial charge in [-0.05, 0) is 49.7 Å². The van der Waals surface area contributed by atoms with Crippen LogP contribution in [0, 0.1) is 18.6 Å². The Labute approximate surface area is 231 Å². The first kappa shape index (κ1) is 24.7. The van der Waals surface area contributed by atoms with Crippen molar-refractivity contribution >= 4 is 33.9 Å². The minimum Gasteiger partial charge on any atom is -0.458 e. The van der Waals surface area contributed by atoms with Gasteiger partial charge in [-0.1, -0.05) is 30.3 Å². The van der Waals surface area contributed by atoms with Gasteiger partial charge in [0.15, 0.2) is 0 Å². The van der Waals surface area contributed by atoms with Gasteiger partial charge in [-0.25, -0.2) is 19.6 Å². The molecule has 2 aliphatic heterocycles. The van der Waals surface area contributed by atoms with Crippen molar-refractivity contribution in [3.05, 3.63) is 117 Å². The molecule has 0 fully saturated rings. The van der Waals surface area contributed by atoms with Gasteiger partial charge in [0.2, 0.25) is 5.43 Å². The van der Waals surface area contributed by atoms with Crippen LogP contribution in [0.15, 0.2) is 92.5 Å². The average Bonchev–Trinajstić information content (AvgIpc) is 3.54. The molecule has 0 spiro atoms. The van der Waals surface area contributed by atoms with E-state index in [0.717, 1.165) is 22.2 Å². The summed E-state index contributed by atoms with van der Waals surface area (Å²) in [6.07, 6.45) is 3.14. The monoisotopic (exact) mass is 551 g/mol. The quantitative estimate of drug-likeness (QED) is 0.262. The van der Waals surface area contributed by atoms with Crippen LogP contribution in [-0.2, 0) is 0 Å². The number of rotatable bonds is 4. The second-order valence-corrected chi connectivity index (χ2v) is 9.94. The molecule has 11 heteroatoms. The standard InChI is InChI=1S/C30H23F2N7O2/c1-15-20-10-9-18(12-22(20)36-35-15)27-28-23(13-34-14-38(28)33)39(37-27)16(2)30-25(17-5-3-6-19(31)11-17)29(40)26-21(32)7-4-8-24(26)41-30/h3-14,16,37H,33H2,1-2H3,(H,35,36). The number of aliphatic imine (C=N–C) groups is 1. The molecule has 1 unspecified atom stereocenters. The Hall–Kier alpha value is -5.29. The van der Waals surface area contributed by atoms with Crippen LogP contribution >= 0.6 is 0 Å². The fraction of sp³-hybridized carbons (Fsp3) is 0.100. The maximum absolute atomic E-state index is 14.9. The molecule has 3 aromatic carbocycles. The Morgan fingerprint density at radius 1 is 1.05 bits per heavy atom. The van der Waals surface area contributed by atoms with E-state index >= 15 is 0 Å². The van der Waals surface area contributed by atoms with Gasteiger partial charge in [0, 0.05) is 16.6 Å². The summed E-state index contributed by atoms with van der Waals surface area (Å²) < 4.78 is 35.4. The Morgan fingerprint density at radius 3 is 2.71 bits per heavy atom. The number of aryl methyl sites for hydroxylation is 1. The topological polar surface area (TPSA) is 116 Å². The number of nitrogens with one attached hydrogen (secondary N) is 2. The van der Waals surface area contributed by atoms with Gasteiger partial charge in [0.1, 0.15) is 52.1 Å². The molecule has 0 saturated heterocycles. The lowest BCUT2D eigenvalue weighted by molar-refractivity contribution is 0.215. The van der Waals surface area contributed by atoms with Crippen molar-refractivity contribution in [1.82, 2.24) is 25.6 Å². The van der Waals surface area contributed by atoms with E-state index in [0.29, 0.717) is 17.1 Å². The lowest BCUT2D eigenvalue weighted by Crippen LogP contribution is -2.36. The van der Waals surface area contributed by atoms with Crippen molar-refractivity contribution in [3.63, 3.8) is 0 Å². The van der Waals surface area contributed by atoms with Crippen LogP contribution in [-0.4, -0.2) is 26.6 Å². The molecule has 0 radical (unpaired) electrons. The summed E-state index contributed by atoms with van der Waals surface area (Å²) in [5.41, 5.74) is 7.73. The average molecular weight is 552 g/mol. The predicted octanol–water partition coefficient (Wildman–Crippen LogP) is 5.23. The molecule has 41 heavy (non-hydrogen) atoms. The van der Waals surface area contributed by atoms with E-state index in [2.05, 4.69) is 20.6 Å². The normalized spacial score (nSPS) is 15.5. The molecule has 2 aromatic heterocycles. The van der Waals surface area contributed by atoms with Crippen LogP contribution in [0.3, 0.4) is 0 Å². The van der Waals surface area contributed by atoms with Crippen LogP contribution in [0.4, 0.5) is 8.78 Å². The Bertz CT molecular complexity index is 2040. The molecule has 4 N–H and O–H groups in total. The summed E-state index contributed by atoms with van der Waals surface area (Å²) in [4.78, 5) is 18.1. The highest BCUT2D eigenvalue weighted by molar-refractivity contribution is 5.88. The lowest BCUT2D eigenvalue weighted by atomic mass is 9.98. The van der Waals surface area contributed by atoms with Gasteiger partial charge in [0.25, 0.3) is 0 Å². The van der Waals surface area contributed by atoms with E-state index in [1.165, 1.54) is 47.7 Å². The second kappa shape index (κ2) is 9.14. The van der Waals surface area contributed by atoms with Crippen molar-refractivity contribution in [2.45, 2.75) is 19.9 Å². The first-order valence-electron chi connectivity index (χ1n) is 12.9. The van der Waals surface area contributed by atoms with E-state index in [1.54, 1.807) is 17.3 Å². The molecule has 0 bridgehead atoms. The number of hydrazine groups is 2. The third-order valence-electron chi connectivity index (χ3n) is 7.43. The number of nitrogens with zero attached hydrogens (tertiary/aromatic N) is 4. The molecule has 0 saturated carbocycles. The van der Waals surface area contributed by atoms with E-state index in [1.807, 2.05) is 32.0 Å². The van der Waals surface area contributed by atoms with Crippen LogP contribution in [0.2, 0.25) is 0 Å². The fourth-order valence-electron chi connectivity index (χ4n) is 5.45. The number of H-pyrrole nitrogens is 1. The zero-order valence-corrected chi connectivity index (χ0v) is 21.9. The van der Waals surface area contributed by atoms with E-state index in [4.69, 9.17) is 10.3 Å². The number of benzene rings is 3. The van der Waals surface area contributed by atoms with Gasteiger partial charge in [-0.15, -0.1) is 0 Å². The highest BCUT2D eigenvalue weighted by Crippen LogP contribution is 2.41. The number of aromatic amines is 1. The van der Waals surface area contributed by atoms with Crippen molar-refractivity contribution in [2.75, 3.05) is 0 Å². The Kier molecular flexibility index (Phi) is 5.51. The first-order chi connectivity index (χ1) is 19.8. The van der Waals surface area contributed by atoms with Crippen molar-refractivity contribution in [2.24, 2.45) is 10.8 Å². The maximum atomic E-state index is 14.9. The largest absolute Gasteiger partial charge is 0.458 e. The summed E-state index contributed by atoms with van der Waals surface area (Å²) >= 11 is 0. The summed E-state index contributed by atoms with van der Waals surface area (Å²) in [5, 5.41) is 11.4. The van der Waals surface area contributed by atoms with Gasteiger partial charge in [0.05, 0.1) is 23.0 Å². The van der Waals surface area contributed by atoms with Crippen molar-refractivity contribution in [1.29, 1.82) is 0 Å². The van der Waals surface area contributed by atoms with Crippen molar-refractivity contribution in [3.8, 4) is 11.1 Å². The highest BCUT2D eigenvalue weighted by Gasteiger charge is 2.37. The summed E-state index contributed by atoms with van der Waals surface area (Å²) in [7, 11) is 0. The molecular formula is C30H23F2N7O2. The Balaban J connectivity index is 1.40. The zero-order valence-electron chi connectivity index (χ0n) is 21.9. The molecule has 0 aliphatic carbocycles. The SMILES string of the molecule is Cc1[nH]nc2cc(C3=C4C(=CN=CN4N)N(C(C)c4oc5cccc(F)c5c(=O)c4-c4cccc(F)c4)N3)ccc12. The van der Waals surface area contributed by atoms with E-state index < -0.39 is 23.1 Å². The minimum atomic E-state index is -0.717. The van der Waals surface area contributed by atoms with Gasteiger partial charge in [-0.2, -0.15) is 5.10 Å². The summed E-state index contributed by atoms with van der Waals surface area (Å²) in [5.74, 6) is 5.32. The number of halogens is 2. The number of hydrogen-bond donors (Lipinski definition) is 3. The maximum Gasteiger partial charge on any atom is 0.203 e. The number of aromatic nitrogens is 2. The third-order valence-corrected chi connectivity index (χ3v) is 7.43. The molecule has 2 aliphatic rings. The lowest BCUT2D eigenvalue weighted by Gasteiger charge is -2.30. The summed E-state index contributed by atoms with van der Waals surface area (Å²) in [6.45, 7) is 3.77. The predicted molar refractivity (Wildman–Crippen MR) is 152 cm³/mol. The molecule has 7 rings (SSSR count). The summed E-state index contributed by atoms with van der Waals surface area (Å²) in [6, 6.07) is 15.0. The highest BCUT2D eigenvalue weighted by atomic mass is 19.1. The van der Waals surface area contributed by atoms with Crippen LogP contribution < -0.4 is 16.7 Å². The molecule has 0 amide bonds. The van der Waals surface area contributed by atoms with Gasteiger partial charge in [-0.3, -0.25) is 25.3 Å². The minimum absolute atomic E-state index is 0.0596. The zero-order chi connectivity index (χ0) is 28.4. The second-order valence-electron chi connectivity index (χ2n) is 9.94. The van der Waals surface area contributed by atoms with Gasteiger partial charge >= 0.3 is 0 Å². The van der Waals surface area contributed by atoms with Gasteiger partial charge < -0.3 is 4.42 Å². The first-order valence-corrected chi connectivity index (χ1v) is 12.9. The van der Waals surface area contributed by atoms with E-state index in [-0.39, 0.29) is 27.9 Å². The van der Waals surface area contributed by atoms with Crippen LogP contribution in [0.1, 0.15) is 30.0 Å². The number of nitrogens with two attached hydrogens (primary N) is 1. The third kappa shape index (κ3) is 3.81. The van der Waals surface area contributed by atoms with Crippen LogP contribution in [0.25, 0.3) is 38.7 Å². The molecular weight excluding hydrogens is 528 g/mol. The van der Waals surface area contributed by atoms with E-state index in [9.17, 15) is 13.6 Å². The molecule has 9 nitrogen and oxygen atoms in total. The molecule has 5 aromatic rings. The molecule has 4 heterocycles. The molecule has 1 atom stereocenters. The smallest absolute Gasteiger partial charge is 0.203 e. The Morgan fingerprint density at radius 2 is 1.88 bits per heavy atom. The fourth-order valence-corrected chi connectivity index (χ4v) is 5.45. The number of fused-ring (bicyclic) bond motifs is 3. The number of hydrogen-bond acceptors (Lipinski definition) is 8.